The fraction of sp³-hybridized carbons (Fsp3) is 0.485. The van der Waals surface area contributed by atoms with Crippen LogP contribution in [0.3, 0.4) is 0 Å². The molecule has 228 valence electrons. The van der Waals surface area contributed by atoms with Crippen LogP contribution < -0.4 is 14.5 Å². The highest BCUT2D eigenvalue weighted by Crippen LogP contribution is 2.44. The highest BCUT2D eigenvalue weighted by molar-refractivity contribution is 6.78. The first-order valence-electron chi connectivity index (χ1n) is 14.8. The van der Waals surface area contributed by atoms with E-state index in [2.05, 4.69) is 65.3 Å². The highest BCUT2D eigenvalue weighted by Gasteiger charge is 2.47. The Hall–Kier alpha value is -3.59. The zero-order valence-electron chi connectivity index (χ0n) is 26.6. The lowest BCUT2D eigenvalue weighted by Crippen LogP contribution is -2.50. The second-order valence-electron chi connectivity index (χ2n) is 11.8. The van der Waals surface area contributed by atoms with E-state index in [1.165, 1.54) is 6.08 Å². The number of benzene rings is 1. The number of hydrogen-bond donors (Lipinski definition) is 1. The number of nitrogens with one attached hydrogen (secondary N) is 1. The van der Waals surface area contributed by atoms with Gasteiger partial charge in [-0.2, -0.15) is 0 Å². The van der Waals surface area contributed by atoms with Gasteiger partial charge in [0.15, 0.2) is 0 Å². The van der Waals surface area contributed by atoms with E-state index in [4.69, 9.17) is 13.9 Å². The summed E-state index contributed by atoms with van der Waals surface area (Å²) >= 11 is 0. The summed E-state index contributed by atoms with van der Waals surface area (Å²) < 4.78 is 17.4. The van der Waals surface area contributed by atoms with E-state index in [1.54, 1.807) is 24.3 Å². The topological polar surface area (TPSA) is 90.0 Å². The number of hydrogen-bond acceptors (Lipinski definition) is 6. The Morgan fingerprint density at radius 3 is 2.33 bits per heavy atom. The predicted octanol–water partition coefficient (Wildman–Crippen LogP) is 8.35. The lowest BCUT2D eigenvalue weighted by Gasteiger charge is -2.42. The van der Waals surface area contributed by atoms with Gasteiger partial charge in [-0.1, -0.05) is 61.1 Å². The minimum absolute atomic E-state index is 0.0331. The van der Waals surface area contributed by atoms with E-state index < -0.39 is 14.4 Å². The molecule has 3 rings (SSSR count). The van der Waals surface area contributed by atoms with Gasteiger partial charge in [0.2, 0.25) is 5.88 Å². The van der Waals surface area contributed by atoms with Crippen molar-refractivity contribution < 1.29 is 23.5 Å². The first-order valence-corrected chi connectivity index (χ1v) is 17.0. The van der Waals surface area contributed by atoms with Gasteiger partial charge in [0, 0.05) is 30.6 Å². The van der Waals surface area contributed by atoms with Crippen molar-refractivity contribution >= 4 is 31.6 Å². The average molecular weight is 594 g/mol. The van der Waals surface area contributed by atoms with E-state index in [9.17, 15) is 9.59 Å². The summed E-state index contributed by atoms with van der Waals surface area (Å²) in [6.45, 7) is 21.1. The van der Waals surface area contributed by atoms with E-state index in [0.29, 0.717) is 45.9 Å². The number of aryl methyl sites for hydroxylation is 1. The van der Waals surface area contributed by atoms with E-state index >= 15 is 0 Å². The Balaban J connectivity index is 2.08. The normalized spacial score (nSPS) is 15.2. The average Bonchev–Trinajstić information content (AvgIpc) is 3.39. The summed E-state index contributed by atoms with van der Waals surface area (Å²) in [5.74, 6) is 1.02. The summed E-state index contributed by atoms with van der Waals surface area (Å²) in [5, 5.41) is 2.81. The van der Waals surface area contributed by atoms with Crippen molar-refractivity contribution in [3.8, 4) is 11.6 Å². The van der Waals surface area contributed by atoms with E-state index in [1.807, 2.05) is 31.3 Å². The van der Waals surface area contributed by atoms with Crippen LogP contribution in [0.4, 0.5) is 10.5 Å². The van der Waals surface area contributed by atoms with Crippen LogP contribution in [0.25, 0.3) is 5.57 Å². The van der Waals surface area contributed by atoms with Gasteiger partial charge >= 0.3 is 6.09 Å². The number of aromatic nitrogens is 1. The maximum absolute atomic E-state index is 14.2. The smallest absolute Gasteiger partial charge is 0.411 e. The number of anilines is 1. The van der Waals surface area contributed by atoms with Crippen molar-refractivity contribution in [3.63, 3.8) is 0 Å². The van der Waals surface area contributed by atoms with Crippen molar-refractivity contribution in [2.45, 2.75) is 90.9 Å². The number of carbonyl (C=O) groups is 2. The molecular weight excluding hydrogens is 546 g/mol. The third-order valence-corrected chi connectivity index (χ3v) is 14.3. The number of pyridine rings is 1. The van der Waals surface area contributed by atoms with Crippen molar-refractivity contribution in [3.05, 3.63) is 66.0 Å². The van der Waals surface area contributed by atoms with Gasteiger partial charge in [-0.3, -0.25) is 10.1 Å². The molecule has 1 aliphatic rings. The van der Waals surface area contributed by atoms with Crippen LogP contribution in [0.1, 0.15) is 82.8 Å². The summed E-state index contributed by atoms with van der Waals surface area (Å²) in [7, 11) is -0.720. The van der Waals surface area contributed by atoms with E-state index in [0.717, 1.165) is 23.1 Å². The zero-order chi connectivity index (χ0) is 31.2. The SMILES string of the molecule is C=CCOC(=O)Nc1cc(O[Si](C(C)C)(C(C)C)C(C)C)c(C)cc1C(=O)N1C=C(c2ccc(OC)nc2)C[C@H]1CC. The fourth-order valence-electron chi connectivity index (χ4n) is 6.17. The summed E-state index contributed by atoms with van der Waals surface area (Å²) in [5.41, 5.74) is 4.62. The Morgan fingerprint density at radius 1 is 1.14 bits per heavy atom. The molecule has 1 aromatic heterocycles. The molecule has 2 aromatic rings. The van der Waals surface area contributed by atoms with Gasteiger partial charge in [0.25, 0.3) is 14.2 Å². The molecule has 8 nitrogen and oxygen atoms in total. The molecule has 1 aromatic carbocycles. The molecule has 42 heavy (non-hydrogen) atoms. The van der Waals surface area contributed by atoms with Crippen LogP contribution in [-0.4, -0.2) is 50.0 Å². The molecule has 0 saturated carbocycles. The Labute approximate surface area is 252 Å². The van der Waals surface area contributed by atoms with Crippen LogP contribution in [0.15, 0.2) is 49.3 Å². The molecular formula is C33H47N3O5Si. The van der Waals surface area contributed by atoms with Crippen molar-refractivity contribution in [2.75, 3.05) is 19.0 Å². The van der Waals surface area contributed by atoms with Crippen molar-refractivity contribution in [1.82, 2.24) is 9.88 Å². The number of methoxy groups -OCH3 is 1. The van der Waals surface area contributed by atoms with Gasteiger partial charge in [-0.05, 0) is 65.2 Å². The summed E-state index contributed by atoms with van der Waals surface area (Å²) in [6, 6.07) is 7.35. The number of rotatable bonds is 12. The van der Waals surface area contributed by atoms with Crippen molar-refractivity contribution in [2.24, 2.45) is 0 Å². The Bertz CT molecular complexity index is 1280. The maximum atomic E-state index is 14.2. The third kappa shape index (κ3) is 6.89. The molecule has 0 fully saturated rings. The fourth-order valence-corrected chi connectivity index (χ4v) is 11.5. The summed E-state index contributed by atoms with van der Waals surface area (Å²) in [4.78, 5) is 33.0. The number of ether oxygens (including phenoxy) is 2. The molecule has 1 N–H and O–H groups in total. The lowest BCUT2D eigenvalue weighted by molar-refractivity contribution is 0.0783. The first-order chi connectivity index (χ1) is 19.9. The molecule has 9 heteroatoms. The standard InChI is InChI=1S/C33H47N3O5Si/c1-11-15-40-33(38)35-29-18-30(41-42(21(3)4,22(5)6)23(7)8)24(9)16-28(29)32(37)36-20-26(17-27(36)12-2)25-13-14-31(39-10)34-19-25/h11,13-14,16,18-23,27H,1,12,15,17H2,2-10H3,(H,35,38)/t27-/m1/s1. The minimum Gasteiger partial charge on any atom is -0.542 e. The molecule has 2 heterocycles. The predicted molar refractivity (Wildman–Crippen MR) is 172 cm³/mol. The van der Waals surface area contributed by atoms with Gasteiger partial charge in [-0.15, -0.1) is 0 Å². The van der Waals surface area contributed by atoms with Crippen LogP contribution >= 0.6 is 0 Å². The van der Waals surface area contributed by atoms with Crippen LogP contribution in [0.2, 0.25) is 16.6 Å². The molecule has 2 amide bonds. The second-order valence-corrected chi connectivity index (χ2v) is 17.2. The number of amides is 2. The minimum atomic E-state index is -2.30. The highest BCUT2D eigenvalue weighted by atomic mass is 28.4. The molecule has 0 spiro atoms. The van der Waals surface area contributed by atoms with Crippen LogP contribution in [0.5, 0.6) is 11.6 Å². The van der Waals surface area contributed by atoms with Gasteiger partial charge in [-0.25, -0.2) is 9.78 Å². The van der Waals surface area contributed by atoms with E-state index in [-0.39, 0.29) is 18.6 Å². The zero-order valence-corrected chi connectivity index (χ0v) is 27.6. The lowest BCUT2D eigenvalue weighted by atomic mass is 10.0. The van der Waals surface area contributed by atoms with Crippen LogP contribution in [-0.2, 0) is 4.74 Å². The molecule has 0 unspecified atom stereocenters. The van der Waals surface area contributed by atoms with Gasteiger partial charge in [0.1, 0.15) is 12.4 Å². The number of nitrogens with zero attached hydrogens (tertiary/aromatic N) is 2. The second kappa shape index (κ2) is 14.0. The quantitative estimate of drug-likeness (QED) is 0.196. The van der Waals surface area contributed by atoms with Crippen LogP contribution in [0, 0.1) is 6.92 Å². The molecule has 0 radical (unpaired) electrons. The number of carbonyl (C=O) groups excluding carboxylic acids is 2. The first kappa shape index (κ1) is 32.9. The van der Waals surface area contributed by atoms with Gasteiger partial charge in [0.05, 0.1) is 18.4 Å². The molecule has 0 aliphatic carbocycles. The molecule has 1 aliphatic heterocycles. The molecule has 0 bridgehead atoms. The largest absolute Gasteiger partial charge is 0.542 e. The summed E-state index contributed by atoms with van der Waals surface area (Å²) in [6.07, 6.45) is 5.97. The Kier molecular flexibility index (Phi) is 11.0. The molecule has 1 atom stereocenters. The molecule has 0 saturated heterocycles. The van der Waals surface area contributed by atoms with Gasteiger partial charge < -0.3 is 18.8 Å². The third-order valence-electron chi connectivity index (χ3n) is 8.27. The Morgan fingerprint density at radius 2 is 1.81 bits per heavy atom. The van der Waals surface area contributed by atoms with Crippen molar-refractivity contribution in [1.29, 1.82) is 0 Å². The monoisotopic (exact) mass is 593 g/mol. The maximum Gasteiger partial charge on any atom is 0.411 e.